The van der Waals surface area contributed by atoms with E-state index in [2.05, 4.69) is 34.5 Å². The Morgan fingerprint density at radius 3 is 2.07 bits per heavy atom. The smallest absolute Gasteiger partial charge is 0.253 e. The van der Waals surface area contributed by atoms with E-state index in [0.29, 0.717) is 31.5 Å². The molecule has 0 unspecified atom stereocenters. The number of hydrogen-bond donors (Lipinski definition) is 0. The van der Waals surface area contributed by atoms with Crippen LogP contribution in [0.3, 0.4) is 0 Å². The van der Waals surface area contributed by atoms with Gasteiger partial charge < -0.3 is 9.47 Å². The van der Waals surface area contributed by atoms with Crippen molar-refractivity contribution in [1.29, 1.82) is 0 Å². The Kier molecular flexibility index (Phi) is 5.42. The fraction of sp³-hybridized carbons (Fsp3) is 0.318. The van der Waals surface area contributed by atoms with Crippen molar-refractivity contribution in [1.82, 2.24) is 19.7 Å². The third kappa shape index (κ3) is 3.87. The molecule has 2 aromatic carbocycles. The van der Waals surface area contributed by atoms with Crippen LogP contribution in [-0.4, -0.2) is 52.3 Å². The quantitative estimate of drug-likeness (QED) is 0.643. The molecule has 3 aromatic rings. The fourth-order valence-corrected chi connectivity index (χ4v) is 5.52. The van der Waals surface area contributed by atoms with Crippen LogP contribution in [0.2, 0.25) is 0 Å². The zero-order chi connectivity index (χ0) is 21.3. The number of piperidine rings is 1. The van der Waals surface area contributed by atoms with Crippen LogP contribution in [0.1, 0.15) is 28.8 Å². The van der Waals surface area contributed by atoms with Gasteiger partial charge in [-0.3, -0.25) is 4.79 Å². The van der Waals surface area contributed by atoms with E-state index in [4.69, 9.17) is 0 Å². The number of rotatable bonds is 4. The number of nitrogens with zero attached hydrogens (tertiary/aromatic N) is 4. The zero-order valence-electron chi connectivity index (χ0n) is 17.0. The second-order valence-electron chi connectivity index (χ2n) is 7.70. The summed E-state index contributed by atoms with van der Waals surface area (Å²) in [6.07, 6.45) is 2.16. The average Bonchev–Trinajstić information content (AvgIpc) is 3.21. The van der Waals surface area contributed by atoms with Crippen molar-refractivity contribution < 1.29 is 13.2 Å². The van der Waals surface area contributed by atoms with Crippen LogP contribution < -0.4 is 0 Å². The van der Waals surface area contributed by atoms with Crippen molar-refractivity contribution in [2.75, 3.05) is 13.1 Å². The lowest BCUT2D eigenvalue weighted by molar-refractivity contribution is 0.0725. The van der Waals surface area contributed by atoms with Crippen LogP contribution in [0.25, 0.3) is 11.1 Å². The molecule has 30 heavy (non-hydrogen) atoms. The van der Waals surface area contributed by atoms with Gasteiger partial charge in [-0.2, -0.15) is 0 Å². The highest BCUT2D eigenvalue weighted by Crippen LogP contribution is 2.25. The molecule has 1 aliphatic heterocycles. The number of likely N-dealkylation sites (tertiary alicyclic amines) is 1. The van der Waals surface area contributed by atoms with Gasteiger partial charge >= 0.3 is 0 Å². The first-order valence-electron chi connectivity index (χ1n) is 9.90. The molecule has 156 valence electrons. The number of hydrogen-bond acceptors (Lipinski definition) is 5. The number of aryl methyl sites for hydroxylation is 2. The van der Waals surface area contributed by atoms with E-state index in [1.54, 1.807) is 11.9 Å². The van der Waals surface area contributed by atoms with E-state index in [1.807, 2.05) is 31.2 Å². The van der Waals surface area contributed by atoms with Crippen LogP contribution in [0, 0.1) is 6.92 Å². The predicted octanol–water partition coefficient (Wildman–Crippen LogP) is 2.87. The summed E-state index contributed by atoms with van der Waals surface area (Å²) in [5, 5.41) is 6.85. The predicted molar refractivity (Wildman–Crippen MR) is 114 cm³/mol. The van der Waals surface area contributed by atoms with E-state index in [1.165, 1.54) is 16.5 Å². The number of benzene rings is 2. The third-order valence-corrected chi connectivity index (χ3v) is 7.84. The molecule has 1 aromatic heterocycles. The van der Waals surface area contributed by atoms with Gasteiger partial charge in [0, 0.05) is 25.7 Å². The Hall–Kier alpha value is -3.00. The molecule has 1 aliphatic rings. The van der Waals surface area contributed by atoms with Crippen LogP contribution in [0.4, 0.5) is 0 Å². The monoisotopic (exact) mass is 424 g/mol. The van der Waals surface area contributed by atoms with Crippen molar-refractivity contribution >= 4 is 15.7 Å². The highest BCUT2D eigenvalue weighted by atomic mass is 32.2. The van der Waals surface area contributed by atoms with Gasteiger partial charge in [0.1, 0.15) is 6.33 Å². The second-order valence-corrected chi connectivity index (χ2v) is 9.83. The van der Waals surface area contributed by atoms with Crippen molar-refractivity contribution in [3.05, 3.63) is 66.0 Å². The molecule has 0 aliphatic carbocycles. The van der Waals surface area contributed by atoms with Gasteiger partial charge in [-0.15, -0.1) is 10.2 Å². The lowest BCUT2D eigenvalue weighted by atomic mass is 10.0. The van der Waals surface area contributed by atoms with Gasteiger partial charge in [0.2, 0.25) is 15.0 Å². The number of sulfone groups is 1. The molecule has 0 saturated carbocycles. The number of amides is 1. The first kappa shape index (κ1) is 20.3. The van der Waals surface area contributed by atoms with Crippen molar-refractivity contribution in [2.24, 2.45) is 7.05 Å². The Balaban J connectivity index is 1.42. The Labute approximate surface area is 176 Å². The SMILES string of the molecule is Cc1ccc(-c2ccc(C(=O)N3CCC(S(=O)(=O)c4nncn4C)CC3)cc2)cc1. The highest BCUT2D eigenvalue weighted by Gasteiger charge is 2.35. The largest absolute Gasteiger partial charge is 0.339 e. The molecular weight excluding hydrogens is 400 g/mol. The maximum absolute atomic E-state index is 12.9. The van der Waals surface area contributed by atoms with Crippen LogP contribution in [0.15, 0.2) is 60.0 Å². The topological polar surface area (TPSA) is 85.2 Å². The van der Waals surface area contributed by atoms with E-state index in [9.17, 15) is 13.2 Å². The van der Waals surface area contributed by atoms with Crippen molar-refractivity contribution in [2.45, 2.75) is 30.2 Å². The fourth-order valence-electron chi connectivity index (χ4n) is 3.78. The lowest BCUT2D eigenvalue weighted by Gasteiger charge is -2.31. The molecule has 4 rings (SSSR count). The molecule has 1 fully saturated rings. The van der Waals surface area contributed by atoms with Crippen LogP contribution >= 0.6 is 0 Å². The number of aromatic nitrogens is 3. The number of carbonyl (C=O) groups excluding carboxylic acids is 1. The zero-order valence-corrected chi connectivity index (χ0v) is 17.8. The summed E-state index contributed by atoms with van der Waals surface area (Å²) in [5.41, 5.74) is 3.98. The van der Waals surface area contributed by atoms with Crippen molar-refractivity contribution in [3.8, 4) is 11.1 Å². The van der Waals surface area contributed by atoms with Gasteiger partial charge in [0.25, 0.3) is 5.91 Å². The van der Waals surface area contributed by atoms with Gasteiger partial charge in [-0.1, -0.05) is 42.0 Å². The van der Waals surface area contributed by atoms with Gasteiger partial charge in [-0.05, 0) is 43.0 Å². The van der Waals surface area contributed by atoms with Crippen molar-refractivity contribution in [3.63, 3.8) is 0 Å². The second kappa shape index (κ2) is 8.02. The molecule has 2 heterocycles. The lowest BCUT2D eigenvalue weighted by Crippen LogP contribution is -2.42. The number of carbonyl (C=O) groups is 1. The van der Waals surface area contributed by atoms with E-state index >= 15 is 0 Å². The molecule has 0 N–H and O–H groups in total. The molecule has 0 radical (unpaired) electrons. The first-order valence-corrected chi connectivity index (χ1v) is 11.4. The van der Waals surface area contributed by atoms with E-state index < -0.39 is 15.1 Å². The molecule has 0 bridgehead atoms. The Bertz CT molecular complexity index is 1140. The summed E-state index contributed by atoms with van der Waals surface area (Å²) in [6, 6.07) is 15.8. The van der Waals surface area contributed by atoms with E-state index in [0.717, 1.165) is 11.1 Å². The minimum atomic E-state index is -3.55. The highest BCUT2D eigenvalue weighted by molar-refractivity contribution is 7.91. The minimum Gasteiger partial charge on any atom is -0.339 e. The summed E-state index contributed by atoms with van der Waals surface area (Å²) in [4.78, 5) is 14.6. The minimum absolute atomic E-state index is 0.0148. The van der Waals surface area contributed by atoms with Gasteiger partial charge in [0.15, 0.2) is 0 Å². The average molecular weight is 425 g/mol. The molecular formula is C22H24N4O3S. The summed E-state index contributed by atoms with van der Waals surface area (Å²) in [7, 11) is -1.93. The van der Waals surface area contributed by atoms with Crippen LogP contribution in [-0.2, 0) is 16.9 Å². The molecule has 0 spiro atoms. The van der Waals surface area contributed by atoms with Gasteiger partial charge in [-0.25, -0.2) is 8.42 Å². The third-order valence-electron chi connectivity index (χ3n) is 5.61. The van der Waals surface area contributed by atoms with E-state index in [-0.39, 0.29) is 11.1 Å². The first-order chi connectivity index (χ1) is 14.4. The normalized spacial score (nSPS) is 15.3. The molecule has 1 saturated heterocycles. The summed E-state index contributed by atoms with van der Waals surface area (Å²) < 4.78 is 27.0. The summed E-state index contributed by atoms with van der Waals surface area (Å²) in [6.45, 7) is 2.85. The standard InChI is InChI=1S/C22H24N4O3S/c1-16-3-5-17(6-4-16)18-7-9-19(10-8-18)21(27)26-13-11-20(12-14-26)30(28,29)22-24-23-15-25(22)2/h3-10,15,20H,11-14H2,1-2H3. The maximum atomic E-state index is 12.9. The van der Waals surface area contributed by atoms with Gasteiger partial charge in [0.05, 0.1) is 5.25 Å². The molecule has 0 atom stereocenters. The Morgan fingerprint density at radius 2 is 1.53 bits per heavy atom. The summed E-state index contributed by atoms with van der Waals surface area (Å²) >= 11 is 0. The summed E-state index contributed by atoms with van der Waals surface area (Å²) in [5.74, 6) is -0.0695. The molecule has 1 amide bonds. The maximum Gasteiger partial charge on any atom is 0.253 e. The Morgan fingerprint density at radius 1 is 0.967 bits per heavy atom. The van der Waals surface area contributed by atoms with Crippen LogP contribution in [0.5, 0.6) is 0 Å². The molecule has 8 heteroatoms. The molecule has 7 nitrogen and oxygen atoms in total.